The summed E-state index contributed by atoms with van der Waals surface area (Å²) in [6.07, 6.45) is 1.71. The van der Waals surface area contributed by atoms with Crippen molar-refractivity contribution in [2.24, 2.45) is 4.99 Å². The van der Waals surface area contributed by atoms with E-state index in [2.05, 4.69) is 4.99 Å². The van der Waals surface area contributed by atoms with Crippen LogP contribution in [0.2, 0.25) is 0 Å². The van der Waals surface area contributed by atoms with Gasteiger partial charge in [0, 0.05) is 5.56 Å². The van der Waals surface area contributed by atoms with Crippen molar-refractivity contribution in [3.05, 3.63) is 71.4 Å². The van der Waals surface area contributed by atoms with Crippen LogP contribution >= 0.6 is 0 Å². The predicted octanol–water partition coefficient (Wildman–Crippen LogP) is 4.21. The quantitative estimate of drug-likeness (QED) is 0.483. The summed E-state index contributed by atoms with van der Waals surface area (Å²) in [4.78, 5) is 16.7. The number of fused-ring (bicyclic) bond motifs is 1. The Morgan fingerprint density at radius 1 is 0.862 bits per heavy atom. The molecule has 3 aromatic carbocycles. The molecule has 0 bridgehead atoms. The molecule has 29 heavy (non-hydrogen) atoms. The first-order chi connectivity index (χ1) is 14.1. The number of cyclic esters (lactones) is 1. The van der Waals surface area contributed by atoms with Gasteiger partial charge in [-0.15, -0.1) is 0 Å². The number of hydrogen-bond acceptors (Lipinski definition) is 6. The number of esters is 1. The molecular formula is C23H19NO5. The van der Waals surface area contributed by atoms with Crippen LogP contribution in [-0.4, -0.2) is 33.2 Å². The summed E-state index contributed by atoms with van der Waals surface area (Å²) in [5.74, 6) is 1.03. The van der Waals surface area contributed by atoms with Crippen LogP contribution in [0.5, 0.6) is 17.2 Å². The summed E-state index contributed by atoms with van der Waals surface area (Å²) in [6.45, 7) is 0. The Balaban J connectivity index is 1.72. The predicted molar refractivity (Wildman–Crippen MR) is 111 cm³/mol. The smallest absolute Gasteiger partial charge is 0.363 e. The second-order valence-electron chi connectivity index (χ2n) is 6.36. The van der Waals surface area contributed by atoms with E-state index in [4.69, 9.17) is 18.9 Å². The molecule has 0 aromatic heterocycles. The van der Waals surface area contributed by atoms with Crippen LogP contribution in [0, 0.1) is 0 Å². The van der Waals surface area contributed by atoms with E-state index < -0.39 is 5.97 Å². The molecule has 0 unspecified atom stereocenters. The number of hydrogen-bond donors (Lipinski definition) is 0. The van der Waals surface area contributed by atoms with Crippen molar-refractivity contribution in [1.29, 1.82) is 0 Å². The van der Waals surface area contributed by atoms with Gasteiger partial charge in [0.2, 0.25) is 11.6 Å². The van der Waals surface area contributed by atoms with Gasteiger partial charge in [-0.3, -0.25) is 0 Å². The molecule has 0 amide bonds. The molecule has 0 N–H and O–H groups in total. The molecule has 4 rings (SSSR count). The molecule has 1 aliphatic rings. The maximum absolute atomic E-state index is 12.4. The van der Waals surface area contributed by atoms with E-state index in [1.54, 1.807) is 18.2 Å². The molecule has 3 aromatic rings. The minimum absolute atomic E-state index is 0.182. The molecule has 0 radical (unpaired) electrons. The molecule has 0 aliphatic carbocycles. The molecule has 1 aliphatic heterocycles. The molecule has 0 saturated carbocycles. The van der Waals surface area contributed by atoms with Crippen LogP contribution in [0.25, 0.3) is 16.8 Å². The minimum atomic E-state index is -0.512. The van der Waals surface area contributed by atoms with Crippen LogP contribution < -0.4 is 14.2 Å². The number of ether oxygens (including phenoxy) is 4. The first kappa shape index (κ1) is 18.6. The summed E-state index contributed by atoms with van der Waals surface area (Å²) < 4.78 is 21.4. The molecule has 0 atom stereocenters. The Bertz CT molecular complexity index is 1140. The van der Waals surface area contributed by atoms with Gasteiger partial charge in [-0.25, -0.2) is 9.79 Å². The second kappa shape index (κ2) is 7.67. The highest BCUT2D eigenvalue weighted by Gasteiger charge is 2.26. The molecular weight excluding hydrogens is 370 g/mol. The molecule has 6 heteroatoms. The average Bonchev–Trinajstić information content (AvgIpc) is 3.12. The fourth-order valence-electron chi connectivity index (χ4n) is 3.19. The third-order valence-electron chi connectivity index (χ3n) is 4.61. The van der Waals surface area contributed by atoms with E-state index in [-0.39, 0.29) is 11.6 Å². The lowest BCUT2D eigenvalue weighted by molar-refractivity contribution is -0.129. The van der Waals surface area contributed by atoms with Gasteiger partial charge in [-0.2, -0.15) is 0 Å². The molecule has 0 fully saturated rings. The molecule has 146 valence electrons. The summed E-state index contributed by atoms with van der Waals surface area (Å²) in [5.41, 5.74) is 1.64. The molecule has 0 spiro atoms. The van der Waals surface area contributed by atoms with Gasteiger partial charge in [0.15, 0.2) is 17.2 Å². The molecule has 0 saturated heterocycles. The highest BCUT2D eigenvalue weighted by atomic mass is 16.6. The van der Waals surface area contributed by atoms with Crippen LogP contribution in [0.4, 0.5) is 0 Å². The maximum Gasteiger partial charge on any atom is 0.363 e. The van der Waals surface area contributed by atoms with Gasteiger partial charge in [0.05, 0.1) is 21.3 Å². The largest absolute Gasteiger partial charge is 0.493 e. The van der Waals surface area contributed by atoms with Crippen molar-refractivity contribution >= 4 is 28.7 Å². The highest BCUT2D eigenvalue weighted by Crippen LogP contribution is 2.39. The van der Waals surface area contributed by atoms with Crippen molar-refractivity contribution in [3.8, 4) is 17.2 Å². The maximum atomic E-state index is 12.4. The van der Waals surface area contributed by atoms with E-state index in [1.807, 2.05) is 42.5 Å². The number of carbonyl (C=O) groups excluding carboxylic acids is 1. The zero-order chi connectivity index (χ0) is 20.4. The average molecular weight is 389 g/mol. The summed E-state index contributed by atoms with van der Waals surface area (Å²) in [7, 11) is 4.57. The lowest BCUT2D eigenvalue weighted by Crippen LogP contribution is -2.06. The van der Waals surface area contributed by atoms with Gasteiger partial charge >= 0.3 is 5.97 Å². The van der Waals surface area contributed by atoms with Gasteiger partial charge in [-0.1, -0.05) is 36.4 Å². The van der Waals surface area contributed by atoms with Crippen molar-refractivity contribution in [2.45, 2.75) is 0 Å². The van der Waals surface area contributed by atoms with E-state index >= 15 is 0 Å². The van der Waals surface area contributed by atoms with Crippen molar-refractivity contribution in [1.82, 2.24) is 0 Å². The highest BCUT2D eigenvalue weighted by molar-refractivity contribution is 6.13. The SMILES string of the molecule is COc1cc(C2=N/C(=C\c3ccc4ccccc4c3)C(=O)O2)cc(OC)c1OC. The summed E-state index contributed by atoms with van der Waals surface area (Å²) in [5, 5.41) is 2.22. The van der Waals surface area contributed by atoms with Crippen molar-refractivity contribution in [3.63, 3.8) is 0 Å². The van der Waals surface area contributed by atoms with Crippen molar-refractivity contribution in [2.75, 3.05) is 21.3 Å². The van der Waals surface area contributed by atoms with E-state index in [0.717, 1.165) is 16.3 Å². The second-order valence-corrected chi connectivity index (χ2v) is 6.36. The Labute approximate surface area is 168 Å². The van der Waals surface area contributed by atoms with Gasteiger partial charge in [0.25, 0.3) is 0 Å². The number of rotatable bonds is 5. The normalized spacial score (nSPS) is 14.7. The Morgan fingerprint density at radius 2 is 1.55 bits per heavy atom. The van der Waals surface area contributed by atoms with Crippen LogP contribution in [0.3, 0.4) is 0 Å². The Kier molecular flexibility index (Phi) is 4.91. The van der Waals surface area contributed by atoms with Crippen LogP contribution in [0.1, 0.15) is 11.1 Å². The van der Waals surface area contributed by atoms with Gasteiger partial charge in [-0.05, 0) is 40.6 Å². The van der Waals surface area contributed by atoms with Gasteiger partial charge in [0.1, 0.15) is 0 Å². The molecule has 6 nitrogen and oxygen atoms in total. The summed E-state index contributed by atoms with van der Waals surface area (Å²) >= 11 is 0. The fraction of sp³-hybridized carbons (Fsp3) is 0.130. The third-order valence-corrected chi connectivity index (χ3v) is 4.61. The zero-order valence-electron chi connectivity index (χ0n) is 16.3. The summed E-state index contributed by atoms with van der Waals surface area (Å²) in [6, 6.07) is 17.3. The van der Waals surface area contributed by atoms with E-state index in [9.17, 15) is 4.79 Å². The topological polar surface area (TPSA) is 66.4 Å². The third kappa shape index (κ3) is 3.52. The standard InChI is InChI=1S/C23H19NO5/c1-26-19-12-17(13-20(27-2)21(19)28-3)22-24-18(23(25)29-22)11-14-8-9-15-6-4-5-7-16(15)10-14/h4-13H,1-3H3/b18-11-. The lowest BCUT2D eigenvalue weighted by Gasteiger charge is -2.13. The van der Waals surface area contributed by atoms with Crippen LogP contribution in [0.15, 0.2) is 65.3 Å². The van der Waals surface area contributed by atoms with Crippen LogP contribution in [-0.2, 0) is 9.53 Å². The monoisotopic (exact) mass is 389 g/mol. The van der Waals surface area contributed by atoms with E-state index in [0.29, 0.717) is 22.8 Å². The van der Waals surface area contributed by atoms with Crippen molar-refractivity contribution < 1.29 is 23.7 Å². The lowest BCUT2D eigenvalue weighted by atomic mass is 10.1. The number of carbonyl (C=O) groups is 1. The first-order valence-corrected chi connectivity index (χ1v) is 8.94. The Hall–Kier alpha value is -3.80. The molecule has 1 heterocycles. The number of aliphatic imine (C=N–C) groups is 1. The van der Waals surface area contributed by atoms with Gasteiger partial charge < -0.3 is 18.9 Å². The minimum Gasteiger partial charge on any atom is -0.493 e. The number of nitrogens with zero attached hydrogens (tertiary/aromatic N) is 1. The Morgan fingerprint density at radius 3 is 2.21 bits per heavy atom. The first-order valence-electron chi connectivity index (χ1n) is 8.94. The fourth-order valence-corrected chi connectivity index (χ4v) is 3.19. The zero-order valence-corrected chi connectivity index (χ0v) is 16.3. The number of benzene rings is 3. The number of methoxy groups -OCH3 is 3. The van der Waals surface area contributed by atoms with E-state index in [1.165, 1.54) is 21.3 Å².